The summed E-state index contributed by atoms with van der Waals surface area (Å²) in [7, 11) is -3.23. The normalized spacial score (nSPS) is 18.7. The van der Waals surface area contributed by atoms with Crippen LogP contribution in [0, 0.1) is 0 Å². The first-order chi connectivity index (χ1) is 11.8. The lowest BCUT2D eigenvalue weighted by Gasteiger charge is -2.27. The number of thiazole rings is 1. The number of aromatic nitrogens is 1. The van der Waals surface area contributed by atoms with Crippen molar-refractivity contribution in [3.63, 3.8) is 0 Å². The Labute approximate surface area is 151 Å². The highest BCUT2D eigenvalue weighted by Crippen LogP contribution is 2.39. The molecule has 1 unspecified atom stereocenters. The summed E-state index contributed by atoms with van der Waals surface area (Å²) in [6.07, 6.45) is 3.40. The fraction of sp³-hybridized carbons (Fsp3) is 0.471. The molecular weight excluding hydrogens is 363 g/mol. The summed E-state index contributed by atoms with van der Waals surface area (Å²) in [5.41, 5.74) is -1.36. The van der Waals surface area contributed by atoms with E-state index in [0.717, 1.165) is 11.1 Å². The Morgan fingerprint density at radius 3 is 2.52 bits per heavy atom. The molecule has 1 aromatic heterocycles. The van der Waals surface area contributed by atoms with Crippen molar-refractivity contribution in [2.24, 2.45) is 0 Å². The van der Waals surface area contributed by atoms with Crippen LogP contribution in [0.2, 0.25) is 0 Å². The molecule has 1 atom stereocenters. The van der Waals surface area contributed by atoms with Crippen molar-refractivity contribution in [2.75, 3.05) is 19.3 Å². The van der Waals surface area contributed by atoms with E-state index in [0.29, 0.717) is 36.7 Å². The average Bonchev–Trinajstić information content (AvgIpc) is 3.06. The second kappa shape index (κ2) is 7.01. The van der Waals surface area contributed by atoms with E-state index in [1.54, 1.807) is 18.3 Å². The number of nitrogens with one attached hydrogen (secondary N) is 1. The number of alkyl halides is 1. The minimum Gasteiger partial charge on any atom is -0.485 e. The highest BCUT2D eigenvalue weighted by Gasteiger charge is 2.37. The van der Waals surface area contributed by atoms with Crippen LogP contribution in [-0.4, -0.2) is 32.7 Å². The fourth-order valence-electron chi connectivity index (χ4n) is 2.75. The molecule has 0 saturated carbocycles. The van der Waals surface area contributed by atoms with Crippen molar-refractivity contribution in [3.8, 4) is 5.75 Å². The molecule has 136 valence electrons. The summed E-state index contributed by atoms with van der Waals surface area (Å²) in [6, 6.07) is 6.28. The molecule has 25 heavy (non-hydrogen) atoms. The zero-order valence-corrected chi connectivity index (χ0v) is 15.8. The molecule has 1 aromatic carbocycles. The Morgan fingerprint density at radius 2 is 1.92 bits per heavy atom. The minimum atomic E-state index is -3.23. The lowest BCUT2D eigenvalue weighted by Crippen LogP contribution is -2.36. The molecular formula is C17H21FN2O3S2. The summed E-state index contributed by atoms with van der Waals surface area (Å²) >= 11 is 1.34. The van der Waals surface area contributed by atoms with Crippen LogP contribution in [0.15, 0.2) is 35.4 Å². The van der Waals surface area contributed by atoms with Gasteiger partial charge in [-0.2, -0.15) is 0 Å². The smallest absolute Gasteiger partial charge is 0.175 e. The Kier molecular flexibility index (Phi) is 5.13. The fourth-order valence-corrected chi connectivity index (χ4v) is 4.41. The third-order valence-electron chi connectivity index (χ3n) is 4.27. The highest BCUT2D eigenvalue weighted by atomic mass is 32.2. The number of rotatable bonds is 5. The first kappa shape index (κ1) is 18.3. The topological polar surface area (TPSA) is 68.3 Å². The third-order valence-corrected chi connectivity index (χ3v) is 6.73. The van der Waals surface area contributed by atoms with Gasteiger partial charge in [-0.05, 0) is 44.3 Å². The van der Waals surface area contributed by atoms with E-state index in [4.69, 9.17) is 4.74 Å². The van der Waals surface area contributed by atoms with Crippen molar-refractivity contribution in [2.45, 2.75) is 36.4 Å². The standard InChI is InChI=1S/C17H21FN2O3S2/c1-12(23-13-3-5-14(6-4-13)25(2,21)22)15-11-20-16(24-15)17(18)7-9-19-10-8-17/h3-6,11-12,19H,7-10H2,1-2H3. The van der Waals surface area contributed by atoms with Gasteiger partial charge < -0.3 is 10.1 Å². The Bertz CT molecular complexity index is 828. The summed E-state index contributed by atoms with van der Waals surface area (Å²) in [6.45, 7) is 3.18. The molecule has 0 spiro atoms. The average molecular weight is 384 g/mol. The number of benzene rings is 1. The van der Waals surface area contributed by atoms with Crippen LogP contribution >= 0.6 is 11.3 Å². The zero-order valence-electron chi connectivity index (χ0n) is 14.2. The molecule has 0 bridgehead atoms. The third kappa shape index (κ3) is 4.19. The van der Waals surface area contributed by atoms with Gasteiger partial charge in [0.15, 0.2) is 15.5 Å². The molecule has 1 N–H and O–H groups in total. The maximum atomic E-state index is 15.0. The van der Waals surface area contributed by atoms with Gasteiger partial charge in [-0.15, -0.1) is 11.3 Å². The number of hydrogen-bond donors (Lipinski definition) is 1. The number of sulfone groups is 1. The molecule has 8 heteroatoms. The van der Waals surface area contributed by atoms with Gasteiger partial charge in [0.25, 0.3) is 0 Å². The highest BCUT2D eigenvalue weighted by molar-refractivity contribution is 7.90. The molecule has 1 fully saturated rings. The largest absolute Gasteiger partial charge is 0.485 e. The second-order valence-corrected chi connectivity index (χ2v) is 9.36. The predicted molar refractivity (Wildman–Crippen MR) is 95.6 cm³/mol. The van der Waals surface area contributed by atoms with E-state index in [1.807, 2.05) is 6.92 Å². The molecule has 3 rings (SSSR count). The van der Waals surface area contributed by atoms with Crippen molar-refractivity contribution in [1.82, 2.24) is 10.3 Å². The molecule has 0 radical (unpaired) electrons. The van der Waals surface area contributed by atoms with Crippen LogP contribution < -0.4 is 10.1 Å². The van der Waals surface area contributed by atoms with E-state index in [2.05, 4.69) is 10.3 Å². The molecule has 1 aliphatic rings. The summed E-state index contributed by atoms with van der Waals surface area (Å²) in [5, 5.41) is 3.66. The van der Waals surface area contributed by atoms with Gasteiger partial charge in [-0.25, -0.2) is 17.8 Å². The molecule has 0 aliphatic carbocycles. The first-order valence-corrected chi connectivity index (χ1v) is 10.8. The summed E-state index contributed by atoms with van der Waals surface area (Å²) < 4.78 is 43.8. The van der Waals surface area contributed by atoms with Crippen molar-refractivity contribution in [1.29, 1.82) is 0 Å². The molecule has 1 aliphatic heterocycles. The van der Waals surface area contributed by atoms with E-state index in [9.17, 15) is 12.8 Å². The van der Waals surface area contributed by atoms with Crippen LogP contribution in [0.5, 0.6) is 5.75 Å². The van der Waals surface area contributed by atoms with Crippen LogP contribution in [-0.2, 0) is 15.5 Å². The number of halogens is 1. The zero-order chi connectivity index (χ0) is 18.1. The quantitative estimate of drug-likeness (QED) is 0.857. The summed E-state index contributed by atoms with van der Waals surface area (Å²) in [5.74, 6) is 0.562. The maximum absolute atomic E-state index is 15.0. The Hall–Kier alpha value is -1.51. The van der Waals surface area contributed by atoms with E-state index >= 15 is 0 Å². The van der Waals surface area contributed by atoms with Crippen LogP contribution in [0.4, 0.5) is 4.39 Å². The molecule has 1 saturated heterocycles. The van der Waals surface area contributed by atoms with E-state index in [1.165, 1.54) is 23.5 Å². The monoisotopic (exact) mass is 384 g/mol. The predicted octanol–water partition coefficient (Wildman–Crippen LogP) is 3.23. The van der Waals surface area contributed by atoms with E-state index < -0.39 is 15.5 Å². The van der Waals surface area contributed by atoms with Gasteiger partial charge >= 0.3 is 0 Å². The van der Waals surface area contributed by atoms with Crippen molar-refractivity contribution in [3.05, 3.63) is 40.3 Å². The van der Waals surface area contributed by atoms with E-state index in [-0.39, 0.29) is 11.0 Å². The molecule has 0 amide bonds. The number of hydrogen-bond acceptors (Lipinski definition) is 6. The maximum Gasteiger partial charge on any atom is 0.175 e. The molecule has 5 nitrogen and oxygen atoms in total. The Balaban J connectivity index is 1.70. The SMILES string of the molecule is CC(Oc1ccc(S(C)(=O)=O)cc1)c1cnc(C2(F)CCNCC2)s1. The lowest BCUT2D eigenvalue weighted by molar-refractivity contribution is 0.115. The van der Waals surface area contributed by atoms with Crippen LogP contribution in [0.3, 0.4) is 0 Å². The number of nitrogens with zero attached hydrogens (tertiary/aromatic N) is 1. The van der Waals surface area contributed by atoms with Crippen LogP contribution in [0.25, 0.3) is 0 Å². The van der Waals surface area contributed by atoms with Gasteiger partial charge in [0.1, 0.15) is 16.9 Å². The first-order valence-electron chi connectivity index (χ1n) is 8.10. The van der Waals surface area contributed by atoms with Gasteiger partial charge in [0.2, 0.25) is 0 Å². The second-order valence-electron chi connectivity index (χ2n) is 6.29. The minimum absolute atomic E-state index is 0.248. The summed E-state index contributed by atoms with van der Waals surface area (Å²) in [4.78, 5) is 5.37. The number of piperidine rings is 1. The Morgan fingerprint density at radius 1 is 1.28 bits per heavy atom. The van der Waals surface area contributed by atoms with Gasteiger partial charge in [-0.3, -0.25) is 0 Å². The molecule has 2 aromatic rings. The number of ether oxygens (including phenoxy) is 1. The lowest BCUT2D eigenvalue weighted by atomic mass is 9.95. The van der Waals surface area contributed by atoms with Gasteiger partial charge in [0, 0.05) is 25.3 Å². The van der Waals surface area contributed by atoms with Crippen molar-refractivity contribution < 1.29 is 17.5 Å². The molecule has 2 heterocycles. The van der Waals surface area contributed by atoms with Crippen molar-refractivity contribution >= 4 is 21.2 Å². The van der Waals surface area contributed by atoms with Crippen LogP contribution in [0.1, 0.15) is 35.8 Å². The van der Waals surface area contributed by atoms with Gasteiger partial charge in [-0.1, -0.05) is 0 Å². The van der Waals surface area contributed by atoms with Gasteiger partial charge in [0.05, 0.1) is 9.77 Å².